The molecule has 3 amide bonds. The maximum atomic E-state index is 13.0. The smallest absolute Gasteiger partial charge is 0.410 e. The molecule has 2 aliphatic heterocycles. The van der Waals surface area contributed by atoms with Crippen LogP contribution in [0.25, 0.3) is 0 Å². The van der Waals surface area contributed by atoms with E-state index in [0.29, 0.717) is 19.5 Å². The van der Waals surface area contributed by atoms with Crippen LogP contribution in [0.1, 0.15) is 32.3 Å². The van der Waals surface area contributed by atoms with Gasteiger partial charge in [0.15, 0.2) is 11.5 Å². The first-order valence-corrected chi connectivity index (χ1v) is 11.3. The van der Waals surface area contributed by atoms with Gasteiger partial charge in [-0.1, -0.05) is 30.3 Å². The maximum Gasteiger partial charge on any atom is 0.410 e. The summed E-state index contributed by atoms with van der Waals surface area (Å²) < 4.78 is 10.9. The molecule has 0 aromatic heterocycles. The molecule has 34 heavy (non-hydrogen) atoms. The van der Waals surface area contributed by atoms with E-state index in [2.05, 4.69) is 5.32 Å². The standard InChI is InChI=1S/C24H31N3O7/c1-24(2)14-18(29)13-20(34-24)21(30)25-19(15-28)22(31)26-9-6-10-27(12-11-26)23(32)33-16-17-7-4-3-5-8-17/h3-5,7-8,13,19,28H,6,9-12,14-16H2,1-2H3,(H,25,30). The molecule has 0 saturated carbocycles. The number of aliphatic hydroxyl groups is 1. The molecule has 184 valence electrons. The van der Waals surface area contributed by atoms with Crippen molar-refractivity contribution in [2.45, 2.75) is 44.9 Å². The van der Waals surface area contributed by atoms with Crippen LogP contribution in [0, 0.1) is 0 Å². The molecule has 1 unspecified atom stereocenters. The number of benzene rings is 1. The van der Waals surface area contributed by atoms with Crippen molar-refractivity contribution >= 4 is 23.7 Å². The van der Waals surface area contributed by atoms with Crippen molar-refractivity contribution in [3.05, 3.63) is 47.7 Å². The summed E-state index contributed by atoms with van der Waals surface area (Å²) in [5.74, 6) is -1.65. The van der Waals surface area contributed by atoms with Crippen LogP contribution in [0.15, 0.2) is 42.2 Å². The number of rotatable bonds is 6. The summed E-state index contributed by atoms with van der Waals surface area (Å²) in [6.45, 7) is 4.20. The van der Waals surface area contributed by atoms with Crippen LogP contribution in [-0.4, -0.2) is 83.0 Å². The number of hydrogen-bond acceptors (Lipinski definition) is 7. The Morgan fingerprint density at radius 2 is 1.79 bits per heavy atom. The lowest BCUT2D eigenvalue weighted by molar-refractivity contribution is -0.138. The second-order valence-electron chi connectivity index (χ2n) is 8.93. The Morgan fingerprint density at radius 1 is 1.12 bits per heavy atom. The second kappa shape index (κ2) is 11.1. The molecular formula is C24H31N3O7. The van der Waals surface area contributed by atoms with E-state index in [-0.39, 0.29) is 37.7 Å². The molecule has 0 aliphatic carbocycles. The average molecular weight is 474 g/mol. The van der Waals surface area contributed by atoms with Gasteiger partial charge in [-0.25, -0.2) is 4.79 Å². The highest BCUT2D eigenvalue weighted by Crippen LogP contribution is 2.24. The highest BCUT2D eigenvalue weighted by molar-refractivity contribution is 6.03. The fraction of sp³-hybridized carbons (Fsp3) is 0.500. The number of aliphatic hydroxyl groups excluding tert-OH is 1. The van der Waals surface area contributed by atoms with Crippen molar-refractivity contribution in [3.63, 3.8) is 0 Å². The molecule has 1 aromatic carbocycles. The first kappa shape index (κ1) is 25.2. The van der Waals surface area contributed by atoms with Crippen LogP contribution >= 0.6 is 0 Å². The number of nitrogens with one attached hydrogen (secondary N) is 1. The fourth-order valence-electron chi connectivity index (χ4n) is 3.86. The van der Waals surface area contributed by atoms with Gasteiger partial charge in [0.05, 0.1) is 6.61 Å². The van der Waals surface area contributed by atoms with Gasteiger partial charge < -0.3 is 29.7 Å². The molecule has 0 bridgehead atoms. The van der Waals surface area contributed by atoms with Crippen molar-refractivity contribution in [3.8, 4) is 0 Å². The van der Waals surface area contributed by atoms with Crippen molar-refractivity contribution in [1.29, 1.82) is 0 Å². The Labute approximate surface area is 198 Å². The molecule has 1 fully saturated rings. The zero-order valence-electron chi connectivity index (χ0n) is 19.5. The molecular weight excluding hydrogens is 442 g/mol. The van der Waals surface area contributed by atoms with E-state index in [9.17, 15) is 24.3 Å². The van der Waals surface area contributed by atoms with Crippen molar-refractivity contribution in [2.75, 3.05) is 32.8 Å². The summed E-state index contributed by atoms with van der Waals surface area (Å²) in [5.41, 5.74) is 0.0480. The third-order valence-corrected chi connectivity index (χ3v) is 5.56. The number of hydrogen-bond donors (Lipinski definition) is 2. The molecule has 0 radical (unpaired) electrons. The molecule has 2 N–H and O–H groups in total. The third-order valence-electron chi connectivity index (χ3n) is 5.56. The van der Waals surface area contributed by atoms with Gasteiger partial charge in [0.25, 0.3) is 5.91 Å². The lowest BCUT2D eigenvalue weighted by Crippen LogP contribution is -2.52. The average Bonchev–Trinajstić information content (AvgIpc) is 3.06. The van der Waals surface area contributed by atoms with Crippen molar-refractivity contribution in [1.82, 2.24) is 15.1 Å². The van der Waals surface area contributed by atoms with Gasteiger partial charge in [0.1, 0.15) is 18.2 Å². The molecule has 2 aliphatic rings. The van der Waals surface area contributed by atoms with Crippen LogP contribution in [0.5, 0.6) is 0 Å². The summed E-state index contributed by atoms with van der Waals surface area (Å²) >= 11 is 0. The summed E-state index contributed by atoms with van der Waals surface area (Å²) in [6.07, 6.45) is 1.31. The highest BCUT2D eigenvalue weighted by atomic mass is 16.6. The number of nitrogens with zero attached hydrogens (tertiary/aromatic N) is 2. The quantitative estimate of drug-likeness (QED) is 0.631. The summed E-state index contributed by atoms with van der Waals surface area (Å²) in [4.78, 5) is 52.9. The summed E-state index contributed by atoms with van der Waals surface area (Å²) in [5, 5.41) is 12.2. The van der Waals surface area contributed by atoms with E-state index >= 15 is 0 Å². The van der Waals surface area contributed by atoms with Gasteiger partial charge in [0, 0.05) is 38.7 Å². The molecule has 10 nitrogen and oxygen atoms in total. The second-order valence-corrected chi connectivity index (χ2v) is 8.93. The minimum atomic E-state index is -1.20. The van der Waals surface area contributed by atoms with Gasteiger partial charge in [-0.2, -0.15) is 0 Å². The van der Waals surface area contributed by atoms with Gasteiger partial charge in [-0.15, -0.1) is 0 Å². The minimum absolute atomic E-state index is 0.143. The molecule has 1 atom stereocenters. The predicted molar refractivity (Wildman–Crippen MR) is 121 cm³/mol. The van der Waals surface area contributed by atoms with E-state index < -0.39 is 36.2 Å². The topological polar surface area (TPSA) is 125 Å². The number of ketones is 1. The molecule has 0 spiro atoms. The number of allylic oxidation sites excluding steroid dienone is 1. The van der Waals surface area contributed by atoms with Gasteiger partial charge in [-0.3, -0.25) is 14.4 Å². The van der Waals surface area contributed by atoms with Crippen molar-refractivity contribution < 1.29 is 33.8 Å². The van der Waals surface area contributed by atoms with Crippen LogP contribution < -0.4 is 5.32 Å². The van der Waals surface area contributed by atoms with Crippen LogP contribution in [0.2, 0.25) is 0 Å². The normalized spacial score (nSPS) is 18.8. The van der Waals surface area contributed by atoms with E-state index in [1.165, 1.54) is 9.80 Å². The first-order chi connectivity index (χ1) is 16.2. The van der Waals surface area contributed by atoms with Crippen LogP contribution in [0.3, 0.4) is 0 Å². The van der Waals surface area contributed by atoms with Gasteiger partial charge in [0.2, 0.25) is 5.91 Å². The summed E-state index contributed by atoms with van der Waals surface area (Å²) in [6, 6.07) is 8.14. The number of carbonyl (C=O) groups is 4. The SMILES string of the molecule is CC1(C)CC(=O)C=C(C(=O)NC(CO)C(=O)N2CCCN(C(=O)OCc3ccccc3)CC2)O1. The molecule has 1 aromatic rings. The number of amides is 3. The zero-order chi connectivity index (χ0) is 24.7. The number of ether oxygens (including phenoxy) is 2. The predicted octanol–water partition coefficient (Wildman–Crippen LogP) is 0.987. The summed E-state index contributed by atoms with van der Waals surface area (Å²) in [7, 11) is 0. The Balaban J connectivity index is 1.53. The van der Waals surface area contributed by atoms with Gasteiger partial charge in [-0.05, 0) is 25.8 Å². The largest absolute Gasteiger partial charge is 0.482 e. The van der Waals surface area contributed by atoms with Crippen LogP contribution in [-0.2, 0) is 30.5 Å². The highest BCUT2D eigenvalue weighted by Gasteiger charge is 2.34. The lowest BCUT2D eigenvalue weighted by Gasteiger charge is -2.31. The fourth-order valence-corrected chi connectivity index (χ4v) is 3.86. The van der Waals surface area contributed by atoms with E-state index in [1.54, 1.807) is 13.8 Å². The Morgan fingerprint density at radius 3 is 2.47 bits per heavy atom. The molecule has 10 heteroatoms. The molecule has 1 saturated heterocycles. The van der Waals surface area contributed by atoms with E-state index in [1.807, 2.05) is 30.3 Å². The van der Waals surface area contributed by atoms with E-state index in [4.69, 9.17) is 9.47 Å². The first-order valence-electron chi connectivity index (χ1n) is 11.3. The minimum Gasteiger partial charge on any atom is -0.482 e. The van der Waals surface area contributed by atoms with Crippen LogP contribution in [0.4, 0.5) is 4.79 Å². The van der Waals surface area contributed by atoms with E-state index in [0.717, 1.165) is 11.6 Å². The maximum absolute atomic E-state index is 13.0. The monoisotopic (exact) mass is 473 g/mol. The third kappa shape index (κ3) is 6.80. The van der Waals surface area contributed by atoms with Crippen molar-refractivity contribution in [2.24, 2.45) is 0 Å². The van der Waals surface area contributed by atoms with Gasteiger partial charge >= 0.3 is 6.09 Å². The number of carbonyl (C=O) groups excluding carboxylic acids is 4. The molecule has 2 heterocycles. The Hall–Kier alpha value is -3.40. The Kier molecular flexibility index (Phi) is 8.27. The lowest BCUT2D eigenvalue weighted by atomic mass is 9.98. The zero-order valence-corrected chi connectivity index (χ0v) is 19.5. The Bertz CT molecular complexity index is 945. The molecule has 3 rings (SSSR count).